The van der Waals surface area contributed by atoms with Crippen LogP contribution in [0.1, 0.15) is 54.3 Å². The largest absolute Gasteiger partial charge is 0.477 e. The molecule has 0 atom stereocenters. The van der Waals surface area contributed by atoms with Gasteiger partial charge < -0.3 is 5.11 Å². The Morgan fingerprint density at radius 2 is 2.00 bits per heavy atom. The van der Waals surface area contributed by atoms with Crippen LogP contribution in [-0.4, -0.2) is 21.0 Å². The number of halogens is 1. The van der Waals surface area contributed by atoms with E-state index < -0.39 is 5.97 Å². The smallest absolute Gasteiger partial charge is 0.354 e. The van der Waals surface area contributed by atoms with Crippen molar-refractivity contribution in [3.8, 4) is 0 Å². The lowest BCUT2D eigenvalue weighted by molar-refractivity contribution is 0.0689. The molecule has 0 saturated heterocycles. The first kappa shape index (κ1) is 11.3. The van der Waals surface area contributed by atoms with Crippen LogP contribution < -0.4 is 0 Å². The van der Waals surface area contributed by atoms with Gasteiger partial charge in [0.05, 0.1) is 0 Å². The maximum atomic E-state index is 10.8. The van der Waals surface area contributed by atoms with Crippen LogP contribution in [0.2, 0.25) is 5.15 Å². The van der Waals surface area contributed by atoms with Gasteiger partial charge in [0.25, 0.3) is 0 Å². The van der Waals surface area contributed by atoms with Gasteiger partial charge in [-0.25, -0.2) is 14.8 Å². The van der Waals surface area contributed by atoms with Crippen molar-refractivity contribution in [2.24, 2.45) is 0 Å². The zero-order valence-electron chi connectivity index (χ0n) is 8.82. The predicted molar refractivity (Wildman–Crippen MR) is 59.8 cm³/mol. The molecular formula is C11H13ClN2O2. The van der Waals surface area contributed by atoms with E-state index in [4.69, 9.17) is 16.7 Å². The molecule has 0 aliphatic heterocycles. The lowest BCUT2D eigenvalue weighted by Gasteiger charge is -2.20. The van der Waals surface area contributed by atoms with Crippen molar-refractivity contribution in [3.63, 3.8) is 0 Å². The second kappa shape index (κ2) is 4.78. The molecule has 0 bridgehead atoms. The van der Waals surface area contributed by atoms with Crippen LogP contribution in [0, 0.1) is 0 Å². The lowest BCUT2D eigenvalue weighted by Crippen LogP contribution is -2.12. The fourth-order valence-corrected chi connectivity index (χ4v) is 2.28. The molecule has 2 rings (SSSR count). The molecule has 1 aromatic rings. The van der Waals surface area contributed by atoms with E-state index in [0.717, 1.165) is 25.7 Å². The minimum Gasteiger partial charge on any atom is -0.477 e. The van der Waals surface area contributed by atoms with Gasteiger partial charge in [-0.1, -0.05) is 30.9 Å². The SMILES string of the molecule is O=C(O)c1cc(Cl)nc(C2CCCCC2)n1. The first-order valence-electron chi connectivity index (χ1n) is 5.44. The van der Waals surface area contributed by atoms with Gasteiger partial charge in [0, 0.05) is 12.0 Å². The number of rotatable bonds is 2. The van der Waals surface area contributed by atoms with Gasteiger partial charge >= 0.3 is 5.97 Å². The Hall–Kier alpha value is -1.16. The quantitative estimate of drug-likeness (QED) is 0.808. The maximum absolute atomic E-state index is 10.8. The third-order valence-electron chi connectivity index (χ3n) is 2.90. The van der Waals surface area contributed by atoms with Crippen LogP contribution in [0.15, 0.2) is 6.07 Å². The van der Waals surface area contributed by atoms with E-state index in [1.807, 2.05) is 0 Å². The highest BCUT2D eigenvalue weighted by molar-refractivity contribution is 6.29. The number of carbonyl (C=O) groups is 1. The molecule has 86 valence electrons. The highest BCUT2D eigenvalue weighted by atomic mass is 35.5. The second-order valence-corrected chi connectivity index (χ2v) is 4.46. The first-order chi connectivity index (χ1) is 7.66. The summed E-state index contributed by atoms with van der Waals surface area (Å²) in [6, 6.07) is 1.29. The van der Waals surface area contributed by atoms with Crippen molar-refractivity contribution >= 4 is 17.6 Å². The summed E-state index contributed by atoms with van der Waals surface area (Å²) in [5, 5.41) is 9.10. The molecule has 1 aromatic heterocycles. The molecule has 1 aliphatic rings. The lowest BCUT2D eigenvalue weighted by atomic mass is 9.88. The number of nitrogens with zero attached hydrogens (tertiary/aromatic N) is 2. The molecule has 4 nitrogen and oxygen atoms in total. The van der Waals surface area contributed by atoms with Crippen molar-refractivity contribution in [3.05, 3.63) is 22.7 Å². The summed E-state index contributed by atoms with van der Waals surface area (Å²) < 4.78 is 0. The molecule has 1 N–H and O–H groups in total. The summed E-state index contributed by atoms with van der Waals surface area (Å²) in [6.07, 6.45) is 5.60. The number of carboxylic acid groups (broad SMARTS) is 1. The standard InChI is InChI=1S/C11H13ClN2O2/c12-9-6-8(11(15)16)13-10(14-9)7-4-2-1-3-5-7/h6-7H,1-5H2,(H,15,16). The highest BCUT2D eigenvalue weighted by Gasteiger charge is 2.20. The molecule has 16 heavy (non-hydrogen) atoms. The summed E-state index contributed by atoms with van der Waals surface area (Å²) in [4.78, 5) is 19.0. The van der Waals surface area contributed by atoms with Crippen molar-refractivity contribution in [2.45, 2.75) is 38.0 Å². The fourth-order valence-electron chi connectivity index (χ4n) is 2.09. The van der Waals surface area contributed by atoms with Crippen molar-refractivity contribution < 1.29 is 9.90 Å². The van der Waals surface area contributed by atoms with E-state index in [0.29, 0.717) is 5.82 Å². The van der Waals surface area contributed by atoms with E-state index in [-0.39, 0.29) is 16.8 Å². The summed E-state index contributed by atoms with van der Waals surface area (Å²) in [7, 11) is 0. The summed E-state index contributed by atoms with van der Waals surface area (Å²) >= 11 is 5.80. The van der Waals surface area contributed by atoms with Gasteiger partial charge in [-0.05, 0) is 12.8 Å². The molecule has 0 amide bonds. The number of hydrogen-bond donors (Lipinski definition) is 1. The second-order valence-electron chi connectivity index (χ2n) is 4.07. The van der Waals surface area contributed by atoms with Crippen LogP contribution in [0.5, 0.6) is 0 Å². The van der Waals surface area contributed by atoms with Crippen LogP contribution in [0.4, 0.5) is 0 Å². The molecular weight excluding hydrogens is 228 g/mol. The van der Waals surface area contributed by atoms with Crippen molar-refractivity contribution in [2.75, 3.05) is 0 Å². The van der Waals surface area contributed by atoms with Gasteiger partial charge in [-0.3, -0.25) is 0 Å². The normalized spacial score (nSPS) is 17.3. The zero-order chi connectivity index (χ0) is 11.5. The molecule has 1 fully saturated rings. The molecule has 1 saturated carbocycles. The fraction of sp³-hybridized carbons (Fsp3) is 0.545. The molecule has 0 aromatic carbocycles. The number of aromatic nitrogens is 2. The summed E-state index contributed by atoms with van der Waals surface area (Å²) in [5.74, 6) is -0.198. The Bertz CT molecular complexity index is 403. The zero-order valence-corrected chi connectivity index (χ0v) is 9.57. The Morgan fingerprint density at radius 3 is 2.62 bits per heavy atom. The van der Waals surface area contributed by atoms with Crippen LogP contribution in [0.25, 0.3) is 0 Å². The maximum Gasteiger partial charge on any atom is 0.354 e. The number of carboxylic acids is 1. The Morgan fingerprint density at radius 1 is 1.31 bits per heavy atom. The van der Waals surface area contributed by atoms with E-state index in [9.17, 15) is 4.79 Å². The number of hydrogen-bond acceptors (Lipinski definition) is 3. The van der Waals surface area contributed by atoms with E-state index in [1.165, 1.54) is 12.5 Å². The van der Waals surface area contributed by atoms with Crippen LogP contribution >= 0.6 is 11.6 Å². The van der Waals surface area contributed by atoms with E-state index in [1.54, 1.807) is 0 Å². The molecule has 1 heterocycles. The molecule has 5 heteroatoms. The molecule has 0 radical (unpaired) electrons. The van der Waals surface area contributed by atoms with Gasteiger partial charge in [0.1, 0.15) is 11.0 Å². The summed E-state index contributed by atoms with van der Waals surface area (Å²) in [6.45, 7) is 0. The third kappa shape index (κ3) is 2.50. The summed E-state index contributed by atoms with van der Waals surface area (Å²) in [5.41, 5.74) is -0.0134. The van der Waals surface area contributed by atoms with E-state index in [2.05, 4.69) is 9.97 Å². The van der Waals surface area contributed by atoms with Crippen molar-refractivity contribution in [1.29, 1.82) is 0 Å². The van der Waals surface area contributed by atoms with Crippen LogP contribution in [-0.2, 0) is 0 Å². The van der Waals surface area contributed by atoms with E-state index >= 15 is 0 Å². The minimum absolute atomic E-state index is 0.0134. The monoisotopic (exact) mass is 240 g/mol. The van der Waals surface area contributed by atoms with Crippen molar-refractivity contribution in [1.82, 2.24) is 9.97 Å². The molecule has 1 aliphatic carbocycles. The predicted octanol–water partition coefficient (Wildman–Crippen LogP) is 2.88. The van der Waals surface area contributed by atoms with Gasteiger partial charge in [0.2, 0.25) is 0 Å². The molecule has 0 spiro atoms. The topological polar surface area (TPSA) is 63.1 Å². The average Bonchev–Trinajstić information content (AvgIpc) is 2.29. The van der Waals surface area contributed by atoms with Crippen LogP contribution in [0.3, 0.4) is 0 Å². The van der Waals surface area contributed by atoms with Gasteiger partial charge in [0.15, 0.2) is 5.69 Å². The van der Waals surface area contributed by atoms with Gasteiger partial charge in [-0.15, -0.1) is 0 Å². The minimum atomic E-state index is -1.05. The Labute approximate surface area is 98.7 Å². The first-order valence-corrected chi connectivity index (χ1v) is 5.82. The molecule has 0 unspecified atom stereocenters. The number of aromatic carboxylic acids is 1. The Balaban J connectivity index is 2.28. The highest BCUT2D eigenvalue weighted by Crippen LogP contribution is 2.31. The van der Waals surface area contributed by atoms with Gasteiger partial charge in [-0.2, -0.15) is 0 Å². The average molecular weight is 241 g/mol. The third-order valence-corrected chi connectivity index (χ3v) is 3.10. The Kier molecular flexibility index (Phi) is 3.39.